The van der Waals surface area contributed by atoms with Gasteiger partial charge in [-0.15, -0.1) is 6.42 Å². The zero-order valence-electron chi connectivity index (χ0n) is 33.3. The lowest BCUT2D eigenvalue weighted by atomic mass is 9.93. The molecule has 0 saturated heterocycles. The Bertz CT molecular complexity index is 781. The quantitative estimate of drug-likeness (QED) is 0.0275. The molecule has 0 aromatic carbocycles. The molecule has 0 radical (unpaired) electrons. The van der Waals surface area contributed by atoms with Gasteiger partial charge in [0.2, 0.25) is 0 Å². The molecule has 0 heterocycles. The van der Waals surface area contributed by atoms with Gasteiger partial charge in [-0.1, -0.05) is 200 Å². The van der Waals surface area contributed by atoms with Crippen LogP contribution in [0.3, 0.4) is 0 Å². The van der Waals surface area contributed by atoms with Crippen LogP contribution >= 0.6 is 0 Å². The van der Waals surface area contributed by atoms with E-state index in [1.807, 2.05) is 0 Å². The lowest BCUT2D eigenvalue weighted by Gasteiger charge is -2.26. The van der Waals surface area contributed by atoms with Crippen LogP contribution in [0.2, 0.25) is 0 Å². The number of terminal acetylenes is 1. The van der Waals surface area contributed by atoms with Gasteiger partial charge in [0.15, 0.2) is 6.61 Å². The maximum absolute atomic E-state index is 12.8. The maximum atomic E-state index is 12.8. The molecule has 0 aliphatic carbocycles. The van der Waals surface area contributed by atoms with Crippen molar-refractivity contribution >= 4 is 17.9 Å². The highest BCUT2D eigenvalue weighted by atomic mass is 16.6. The zero-order valence-corrected chi connectivity index (χ0v) is 33.3. The molecule has 0 saturated carbocycles. The fraction of sp³-hybridized carbons (Fsp3) is 0.886. The summed E-state index contributed by atoms with van der Waals surface area (Å²) in [5.74, 6) is 0.960. The van der Waals surface area contributed by atoms with Crippen LogP contribution < -0.4 is 0 Å². The van der Waals surface area contributed by atoms with Crippen LogP contribution in [-0.2, 0) is 28.6 Å². The van der Waals surface area contributed by atoms with Crippen LogP contribution in [-0.4, -0.2) is 37.7 Å². The standard InChI is InChI=1S/C44H80O6/c1-5-8-10-12-14-16-18-20-22-24-26-28-30-32-34-36-41(45)49-39-44(4,43(47)48-38-7-3)40-50-42(46)37-35-33-31-29-27-25-23-21-19-17-15-13-11-9-6-2/h3H,5-6,8-40H2,1-2,4H3. The summed E-state index contributed by atoms with van der Waals surface area (Å²) in [5.41, 5.74) is -1.30. The van der Waals surface area contributed by atoms with Crippen molar-refractivity contribution in [1.82, 2.24) is 0 Å². The predicted octanol–water partition coefficient (Wildman–Crippen LogP) is 12.8. The molecule has 0 aromatic rings. The molecule has 0 aliphatic heterocycles. The van der Waals surface area contributed by atoms with Crippen LogP contribution in [0.5, 0.6) is 0 Å². The maximum Gasteiger partial charge on any atom is 0.319 e. The van der Waals surface area contributed by atoms with Crippen LogP contribution in [0.15, 0.2) is 0 Å². The Kier molecular flexibility index (Phi) is 35.3. The number of ether oxygens (including phenoxy) is 3. The minimum Gasteiger partial charge on any atom is -0.464 e. The second-order valence-corrected chi connectivity index (χ2v) is 15.1. The van der Waals surface area contributed by atoms with E-state index in [0.717, 1.165) is 38.5 Å². The van der Waals surface area contributed by atoms with E-state index in [2.05, 4.69) is 19.8 Å². The molecular weight excluding hydrogens is 624 g/mol. The number of carbonyl (C=O) groups excluding carboxylic acids is 3. The van der Waals surface area contributed by atoms with Crippen LogP contribution in [0.25, 0.3) is 0 Å². The first-order chi connectivity index (χ1) is 24.4. The summed E-state index contributed by atoms with van der Waals surface area (Å²) in [6.45, 7) is 5.52. The molecule has 50 heavy (non-hydrogen) atoms. The van der Waals surface area contributed by atoms with E-state index in [4.69, 9.17) is 20.6 Å². The van der Waals surface area contributed by atoms with Crippen molar-refractivity contribution in [3.8, 4) is 12.3 Å². The van der Waals surface area contributed by atoms with Crippen molar-refractivity contribution in [1.29, 1.82) is 0 Å². The Morgan fingerprint density at radius 2 is 0.700 bits per heavy atom. The van der Waals surface area contributed by atoms with Crippen molar-refractivity contribution in [3.05, 3.63) is 0 Å². The van der Waals surface area contributed by atoms with E-state index in [1.54, 1.807) is 6.92 Å². The van der Waals surface area contributed by atoms with Gasteiger partial charge in [-0.25, -0.2) is 0 Å². The normalized spacial score (nSPS) is 11.3. The third kappa shape index (κ3) is 31.9. The summed E-state index contributed by atoms with van der Waals surface area (Å²) in [5, 5.41) is 0. The second kappa shape index (κ2) is 36.8. The van der Waals surface area contributed by atoms with Gasteiger partial charge in [-0.3, -0.25) is 14.4 Å². The highest BCUT2D eigenvalue weighted by molar-refractivity contribution is 5.78. The predicted molar refractivity (Wildman–Crippen MR) is 209 cm³/mol. The Hall–Kier alpha value is -2.03. The highest BCUT2D eigenvalue weighted by Crippen LogP contribution is 2.22. The monoisotopic (exact) mass is 705 g/mol. The summed E-state index contributed by atoms with van der Waals surface area (Å²) in [6, 6.07) is 0. The number of hydrogen-bond donors (Lipinski definition) is 0. The molecule has 0 bridgehead atoms. The fourth-order valence-corrected chi connectivity index (χ4v) is 6.35. The van der Waals surface area contributed by atoms with E-state index < -0.39 is 11.4 Å². The Balaban J connectivity index is 4.02. The van der Waals surface area contributed by atoms with Crippen molar-refractivity contribution in [2.45, 2.75) is 226 Å². The van der Waals surface area contributed by atoms with Gasteiger partial charge < -0.3 is 14.2 Å². The fourth-order valence-electron chi connectivity index (χ4n) is 6.35. The minimum absolute atomic E-state index is 0.186. The summed E-state index contributed by atoms with van der Waals surface area (Å²) in [7, 11) is 0. The Labute approximate surface area is 309 Å². The van der Waals surface area contributed by atoms with Gasteiger partial charge in [-0.05, 0) is 19.8 Å². The number of hydrogen-bond acceptors (Lipinski definition) is 6. The summed E-state index contributed by atoms with van der Waals surface area (Å²) < 4.78 is 16.1. The molecule has 0 N–H and O–H groups in total. The van der Waals surface area contributed by atoms with Crippen molar-refractivity contribution in [2.75, 3.05) is 19.8 Å². The number of rotatable bonds is 38. The van der Waals surface area contributed by atoms with Crippen molar-refractivity contribution < 1.29 is 28.6 Å². The largest absolute Gasteiger partial charge is 0.464 e. The Morgan fingerprint density at radius 3 is 0.960 bits per heavy atom. The molecule has 6 nitrogen and oxygen atoms in total. The average Bonchev–Trinajstić information content (AvgIpc) is 3.12. The summed E-state index contributed by atoms with van der Waals surface area (Å²) in [6.07, 6.45) is 43.8. The molecule has 0 aliphatic rings. The molecule has 0 amide bonds. The lowest BCUT2D eigenvalue weighted by Crippen LogP contribution is -2.40. The molecule has 0 spiro atoms. The summed E-state index contributed by atoms with van der Waals surface area (Å²) >= 11 is 0. The van der Waals surface area contributed by atoms with Gasteiger partial charge in [0.05, 0.1) is 0 Å². The minimum atomic E-state index is -1.30. The van der Waals surface area contributed by atoms with Crippen molar-refractivity contribution in [2.24, 2.45) is 5.41 Å². The topological polar surface area (TPSA) is 78.9 Å². The van der Waals surface area contributed by atoms with Crippen LogP contribution in [0.1, 0.15) is 226 Å². The third-order valence-corrected chi connectivity index (χ3v) is 9.85. The molecule has 0 aromatic heterocycles. The molecule has 6 heteroatoms. The van der Waals surface area contributed by atoms with Gasteiger partial charge in [0, 0.05) is 12.8 Å². The lowest BCUT2D eigenvalue weighted by molar-refractivity contribution is -0.169. The first-order valence-corrected chi connectivity index (χ1v) is 21.3. The Morgan fingerprint density at radius 1 is 0.440 bits per heavy atom. The molecule has 0 rings (SSSR count). The first kappa shape index (κ1) is 48.0. The van der Waals surface area contributed by atoms with E-state index >= 15 is 0 Å². The smallest absolute Gasteiger partial charge is 0.319 e. The summed E-state index contributed by atoms with van der Waals surface area (Å²) in [4.78, 5) is 37.7. The van der Waals surface area contributed by atoms with E-state index in [9.17, 15) is 14.4 Å². The van der Waals surface area contributed by atoms with Gasteiger partial charge in [0.25, 0.3) is 0 Å². The van der Waals surface area contributed by atoms with Gasteiger partial charge in [0.1, 0.15) is 18.6 Å². The number of esters is 3. The third-order valence-electron chi connectivity index (χ3n) is 9.85. The number of carbonyl (C=O) groups is 3. The van der Waals surface area contributed by atoms with Crippen LogP contribution in [0.4, 0.5) is 0 Å². The zero-order chi connectivity index (χ0) is 36.8. The molecule has 292 valence electrons. The van der Waals surface area contributed by atoms with E-state index in [0.29, 0.717) is 12.8 Å². The molecule has 0 unspecified atom stereocenters. The SMILES string of the molecule is C#CCOC(=O)C(C)(COC(=O)CCCCCCCCCCCCCCCCC)COC(=O)CCCCCCCCCCCCCCCCC. The number of unbranched alkanes of at least 4 members (excludes halogenated alkanes) is 28. The van der Waals surface area contributed by atoms with E-state index in [-0.39, 0.29) is 31.8 Å². The second-order valence-electron chi connectivity index (χ2n) is 15.1. The van der Waals surface area contributed by atoms with Gasteiger partial charge >= 0.3 is 17.9 Å². The van der Waals surface area contributed by atoms with Crippen LogP contribution in [0, 0.1) is 17.8 Å². The van der Waals surface area contributed by atoms with Crippen molar-refractivity contribution in [3.63, 3.8) is 0 Å². The molecule has 0 fully saturated rings. The van der Waals surface area contributed by atoms with E-state index in [1.165, 1.54) is 154 Å². The van der Waals surface area contributed by atoms with Gasteiger partial charge in [-0.2, -0.15) is 0 Å². The first-order valence-electron chi connectivity index (χ1n) is 21.3. The molecule has 0 atom stereocenters. The highest BCUT2D eigenvalue weighted by Gasteiger charge is 2.38. The molecular formula is C44H80O6. The average molecular weight is 705 g/mol.